The number of rotatable bonds is 5. The molecule has 0 atom stereocenters. The Balaban J connectivity index is 2.25. The van der Waals surface area contributed by atoms with Crippen LogP contribution in [0.25, 0.3) is 0 Å². The first-order valence-corrected chi connectivity index (χ1v) is 5.76. The van der Waals surface area contributed by atoms with Gasteiger partial charge in [0.1, 0.15) is 0 Å². The number of aromatic nitrogens is 1. The molecule has 0 saturated heterocycles. The van der Waals surface area contributed by atoms with E-state index in [1.54, 1.807) is 6.20 Å². The van der Waals surface area contributed by atoms with E-state index in [0.29, 0.717) is 11.6 Å². The van der Waals surface area contributed by atoms with Crippen molar-refractivity contribution in [2.75, 3.05) is 27.2 Å². The molecule has 1 amide bonds. The highest BCUT2D eigenvalue weighted by Crippen LogP contribution is 2.10. The Morgan fingerprint density at radius 3 is 2.87 bits per heavy atom. The lowest BCUT2D eigenvalue weighted by Gasteiger charge is -2.08. The Morgan fingerprint density at radius 2 is 2.33 bits per heavy atom. The third-order valence-electron chi connectivity index (χ3n) is 1.88. The molecule has 0 aliphatic carbocycles. The quantitative estimate of drug-likeness (QED) is 0.767. The third-order valence-corrected chi connectivity index (χ3v) is 2.79. The van der Waals surface area contributed by atoms with Crippen LogP contribution in [0.15, 0.2) is 6.20 Å². The van der Waals surface area contributed by atoms with Crippen molar-refractivity contribution in [2.45, 2.75) is 13.3 Å². The van der Waals surface area contributed by atoms with Crippen LogP contribution in [0.3, 0.4) is 0 Å². The van der Waals surface area contributed by atoms with E-state index in [0.717, 1.165) is 17.8 Å². The predicted octanol–water partition coefficient (Wildman–Crippen LogP) is 1.13. The molecule has 0 aliphatic rings. The Bertz CT molecular complexity index is 322. The van der Waals surface area contributed by atoms with Gasteiger partial charge in [0.25, 0.3) is 5.91 Å². The molecule has 5 heteroatoms. The van der Waals surface area contributed by atoms with Gasteiger partial charge in [0.15, 0.2) is 5.01 Å². The third kappa shape index (κ3) is 4.40. The van der Waals surface area contributed by atoms with Crippen molar-refractivity contribution < 1.29 is 4.79 Å². The molecule has 1 heterocycles. The molecule has 1 aromatic heterocycles. The molecule has 84 valence electrons. The summed E-state index contributed by atoms with van der Waals surface area (Å²) in [5.41, 5.74) is 0. The molecule has 1 rings (SSSR count). The molecule has 1 aromatic rings. The Hall–Kier alpha value is -0.940. The second-order valence-electron chi connectivity index (χ2n) is 3.69. The van der Waals surface area contributed by atoms with E-state index < -0.39 is 0 Å². The second-order valence-corrected chi connectivity index (χ2v) is 4.92. The van der Waals surface area contributed by atoms with Crippen LogP contribution >= 0.6 is 11.3 Å². The largest absolute Gasteiger partial charge is 0.350 e. The van der Waals surface area contributed by atoms with Crippen molar-refractivity contribution in [2.24, 2.45) is 0 Å². The standard InChI is InChI=1S/C10H17N3OS/c1-8-7-12-10(15-8)9(14)11-5-4-6-13(2)3/h7H,4-6H2,1-3H3,(H,11,14). The highest BCUT2D eigenvalue weighted by atomic mass is 32.1. The molecule has 15 heavy (non-hydrogen) atoms. The number of hydrogen-bond acceptors (Lipinski definition) is 4. The minimum absolute atomic E-state index is 0.0631. The van der Waals surface area contributed by atoms with Gasteiger partial charge in [0.05, 0.1) is 0 Å². The van der Waals surface area contributed by atoms with Gasteiger partial charge in [-0.2, -0.15) is 0 Å². The Labute approximate surface area is 94.3 Å². The van der Waals surface area contributed by atoms with Crippen LogP contribution in [0.5, 0.6) is 0 Å². The summed E-state index contributed by atoms with van der Waals surface area (Å²) in [7, 11) is 4.04. The first-order chi connectivity index (χ1) is 7.09. The van der Waals surface area contributed by atoms with Crippen molar-refractivity contribution in [3.8, 4) is 0 Å². The number of nitrogens with one attached hydrogen (secondary N) is 1. The van der Waals surface area contributed by atoms with E-state index >= 15 is 0 Å². The molecule has 0 aliphatic heterocycles. The summed E-state index contributed by atoms with van der Waals surface area (Å²) in [5, 5.41) is 3.40. The normalized spacial score (nSPS) is 10.7. The van der Waals surface area contributed by atoms with Gasteiger partial charge in [-0.05, 0) is 34.0 Å². The lowest BCUT2D eigenvalue weighted by Crippen LogP contribution is -2.26. The van der Waals surface area contributed by atoms with E-state index in [2.05, 4.69) is 15.2 Å². The van der Waals surface area contributed by atoms with Gasteiger partial charge in [-0.1, -0.05) is 0 Å². The lowest BCUT2D eigenvalue weighted by atomic mass is 10.4. The minimum Gasteiger partial charge on any atom is -0.350 e. The number of hydrogen-bond donors (Lipinski definition) is 1. The maximum Gasteiger partial charge on any atom is 0.280 e. The number of amides is 1. The lowest BCUT2D eigenvalue weighted by molar-refractivity contribution is 0.0952. The van der Waals surface area contributed by atoms with Crippen LogP contribution in [0.1, 0.15) is 21.1 Å². The van der Waals surface area contributed by atoms with E-state index in [4.69, 9.17) is 0 Å². The molecule has 0 bridgehead atoms. The highest BCUT2D eigenvalue weighted by molar-refractivity contribution is 7.13. The average Bonchev–Trinajstić information content (AvgIpc) is 2.59. The van der Waals surface area contributed by atoms with Crippen LogP contribution in [0.4, 0.5) is 0 Å². The number of nitrogens with zero attached hydrogens (tertiary/aromatic N) is 2. The monoisotopic (exact) mass is 227 g/mol. The van der Waals surface area contributed by atoms with E-state index in [9.17, 15) is 4.79 Å². The first-order valence-electron chi connectivity index (χ1n) is 4.95. The molecule has 0 unspecified atom stereocenters. The van der Waals surface area contributed by atoms with Crippen molar-refractivity contribution >= 4 is 17.2 Å². The highest BCUT2D eigenvalue weighted by Gasteiger charge is 2.08. The zero-order valence-corrected chi connectivity index (χ0v) is 10.2. The van der Waals surface area contributed by atoms with Crippen LogP contribution in [-0.2, 0) is 0 Å². The molecule has 0 saturated carbocycles. The SMILES string of the molecule is Cc1cnc(C(=O)NCCCN(C)C)s1. The van der Waals surface area contributed by atoms with Gasteiger partial charge in [-0.25, -0.2) is 4.98 Å². The topological polar surface area (TPSA) is 45.2 Å². The summed E-state index contributed by atoms with van der Waals surface area (Å²) < 4.78 is 0. The van der Waals surface area contributed by atoms with Crippen LogP contribution in [0.2, 0.25) is 0 Å². The molecular weight excluding hydrogens is 210 g/mol. The molecule has 0 spiro atoms. The fourth-order valence-electron chi connectivity index (χ4n) is 1.13. The fraction of sp³-hybridized carbons (Fsp3) is 0.600. The fourth-order valence-corrected chi connectivity index (χ4v) is 1.81. The summed E-state index contributed by atoms with van der Waals surface area (Å²) >= 11 is 1.43. The zero-order chi connectivity index (χ0) is 11.3. The molecule has 0 aromatic carbocycles. The summed E-state index contributed by atoms with van der Waals surface area (Å²) in [4.78, 5) is 18.7. The maximum absolute atomic E-state index is 11.5. The Kier molecular flexibility index (Phi) is 4.71. The van der Waals surface area contributed by atoms with Gasteiger partial charge in [0.2, 0.25) is 0 Å². The van der Waals surface area contributed by atoms with E-state index in [-0.39, 0.29) is 5.91 Å². The molecule has 0 radical (unpaired) electrons. The summed E-state index contributed by atoms with van der Waals surface area (Å²) in [6.45, 7) is 3.63. The number of carbonyl (C=O) groups is 1. The van der Waals surface area contributed by atoms with Crippen LogP contribution in [0, 0.1) is 6.92 Å². The molecule has 1 N–H and O–H groups in total. The average molecular weight is 227 g/mol. The smallest absolute Gasteiger partial charge is 0.280 e. The van der Waals surface area contributed by atoms with Crippen LogP contribution in [-0.4, -0.2) is 43.0 Å². The van der Waals surface area contributed by atoms with E-state index in [1.165, 1.54) is 11.3 Å². The van der Waals surface area contributed by atoms with Gasteiger partial charge in [-0.3, -0.25) is 4.79 Å². The zero-order valence-electron chi connectivity index (χ0n) is 9.41. The van der Waals surface area contributed by atoms with Gasteiger partial charge < -0.3 is 10.2 Å². The number of carbonyl (C=O) groups excluding carboxylic acids is 1. The molecule has 4 nitrogen and oxygen atoms in total. The molecule has 0 fully saturated rings. The number of thiazole rings is 1. The van der Waals surface area contributed by atoms with Crippen molar-refractivity contribution in [3.63, 3.8) is 0 Å². The van der Waals surface area contributed by atoms with Gasteiger partial charge in [-0.15, -0.1) is 11.3 Å². The van der Waals surface area contributed by atoms with Gasteiger partial charge in [0, 0.05) is 17.6 Å². The summed E-state index contributed by atoms with van der Waals surface area (Å²) in [6, 6.07) is 0. The van der Waals surface area contributed by atoms with Crippen LogP contribution < -0.4 is 5.32 Å². The maximum atomic E-state index is 11.5. The van der Waals surface area contributed by atoms with E-state index in [1.807, 2.05) is 21.0 Å². The first kappa shape index (κ1) is 12.1. The van der Waals surface area contributed by atoms with Crippen molar-refractivity contribution in [3.05, 3.63) is 16.1 Å². The Morgan fingerprint density at radius 1 is 1.60 bits per heavy atom. The minimum atomic E-state index is -0.0631. The number of aryl methyl sites for hydroxylation is 1. The van der Waals surface area contributed by atoms with Crippen molar-refractivity contribution in [1.29, 1.82) is 0 Å². The van der Waals surface area contributed by atoms with Crippen molar-refractivity contribution in [1.82, 2.24) is 15.2 Å². The molecular formula is C10H17N3OS. The second kappa shape index (κ2) is 5.82. The summed E-state index contributed by atoms with van der Waals surface area (Å²) in [6.07, 6.45) is 2.68. The summed E-state index contributed by atoms with van der Waals surface area (Å²) in [5.74, 6) is -0.0631. The van der Waals surface area contributed by atoms with Gasteiger partial charge >= 0.3 is 0 Å². The predicted molar refractivity (Wildman–Crippen MR) is 62.4 cm³/mol.